The van der Waals surface area contributed by atoms with Gasteiger partial charge in [0.05, 0.1) is 17.2 Å². The predicted octanol–water partition coefficient (Wildman–Crippen LogP) is 3.22. The number of carbonyl (C=O) groups excluding carboxylic acids is 1. The fourth-order valence-corrected chi connectivity index (χ4v) is 3.16. The highest BCUT2D eigenvalue weighted by Gasteiger charge is 2.24. The SMILES string of the molecule is O=C(COc1ccc(F)cc1)N1CCC(Oc2cnc3ccccc3n2)CC1. The zero-order valence-corrected chi connectivity index (χ0v) is 15.3. The molecule has 1 saturated heterocycles. The summed E-state index contributed by atoms with van der Waals surface area (Å²) in [5, 5.41) is 0. The van der Waals surface area contributed by atoms with Gasteiger partial charge in [0.2, 0.25) is 5.88 Å². The van der Waals surface area contributed by atoms with E-state index in [1.807, 2.05) is 24.3 Å². The number of carbonyl (C=O) groups is 1. The molecule has 0 aliphatic carbocycles. The Bertz CT molecular complexity index is 957. The minimum atomic E-state index is -0.336. The summed E-state index contributed by atoms with van der Waals surface area (Å²) in [5.74, 6) is 0.552. The van der Waals surface area contributed by atoms with Crippen molar-refractivity contribution in [2.45, 2.75) is 18.9 Å². The van der Waals surface area contributed by atoms with Crippen LogP contribution in [-0.4, -0.2) is 46.6 Å². The molecule has 0 bridgehead atoms. The smallest absolute Gasteiger partial charge is 0.260 e. The molecule has 0 unspecified atom stereocenters. The van der Waals surface area contributed by atoms with Gasteiger partial charge in [-0.1, -0.05) is 12.1 Å². The highest BCUT2D eigenvalue weighted by atomic mass is 19.1. The van der Waals surface area contributed by atoms with E-state index in [1.54, 1.807) is 11.1 Å². The Kier molecular flexibility index (Phi) is 5.32. The minimum Gasteiger partial charge on any atom is -0.484 e. The first-order valence-corrected chi connectivity index (χ1v) is 9.22. The molecule has 2 aromatic carbocycles. The maximum atomic E-state index is 12.9. The highest BCUT2D eigenvalue weighted by Crippen LogP contribution is 2.19. The molecular formula is C21H20FN3O3. The van der Waals surface area contributed by atoms with Crippen LogP contribution in [0.1, 0.15) is 12.8 Å². The van der Waals surface area contributed by atoms with Gasteiger partial charge in [-0.3, -0.25) is 4.79 Å². The number of rotatable bonds is 5. The zero-order valence-electron chi connectivity index (χ0n) is 15.3. The van der Waals surface area contributed by atoms with Gasteiger partial charge in [-0.25, -0.2) is 14.4 Å². The van der Waals surface area contributed by atoms with E-state index in [-0.39, 0.29) is 24.4 Å². The molecule has 1 aromatic heterocycles. The van der Waals surface area contributed by atoms with Crippen LogP contribution in [0.15, 0.2) is 54.7 Å². The second kappa shape index (κ2) is 8.21. The Morgan fingerprint density at radius 3 is 2.54 bits per heavy atom. The van der Waals surface area contributed by atoms with Gasteiger partial charge in [0.25, 0.3) is 5.91 Å². The predicted molar refractivity (Wildman–Crippen MR) is 102 cm³/mol. The summed E-state index contributed by atoms with van der Waals surface area (Å²) in [5.41, 5.74) is 1.63. The third-order valence-electron chi connectivity index (χ3n) is 4.68. The highest BCUT2D eigenvalue weighted by molar-refractivity contribution is 5.78. The van der Waals surface area contributed by atoms with Gasteiger partial charge in [-0.15, -0.1) is 0 Å². The van der Waals surface area contributed by atoms with E-state index in [4.69, 9.17) is 9.47 Å². The quantitative estimate of drug-likeness (QED) is 0.679. The molecule has 0 atom stereocenters. The van der Waals surface area contributed by atoms with Crippen molar-refractivity contribution in [3.63, 3.8) is 0 Å². The maximum Gasteiger partial charge on any atom is 0.260 e. The van der Waals surface area contributed by atoms with Crippen molar-refractivity contribution in [1.29, 1.82) is 0 Å². The van der Waals surface area contributed by atoms with Gasteiger partial charge >= 0.3 is 0 Å². The molecule has 0 spiro atoms. The van der Waals surface area contributed by atoms with E-state index in [0.29, 0.717) is 24.7 Å². The summed E-state index contributed by atoms with van der Waals surface area (Å²) in [6.45, 7) is 1.13. The third-order valence-corrected chi connectivity index (χ3v) is 4.68. The Morgan fingerprint density at radius 1 is 1.07 bits per heavy atom. The van der Waals surface area contributed by atoms with Gasteiger partial charge in [-0.05, 0) is 36.4 Å². The normalized spacial score (nSPS) is 14.8. The van der Waals surface area contributed by atoms with Crippen LogP contribution in [0.25, 0.3) is 11.0 Å². The fourth-order valence-electron chi connectivity index (χ4n) is 3.16. The molecule has 0 N–H and O–H groups in total. The molecule has 1 aliphatic heterocycles. The lowest BCUT2D eigenvalue weighted by molar-refractivity contribution is -0.135. The number of likely N-dealkylation sites (tertiary alicyclic amines) is 1. The summed E-state index contributed by atoms with van der Waals surface area (Å²) in [6.07, 6.45) is 3.07. The Morgan fingerprint density at radius 2 is 1.79 bits per heavy atom. The van der Waals surface area contributed by atoms with Gasteiger partial charge in [0.1, 0.15) is 17.7 Å². The summed E-state index contributed by atoms with van der Waals surface area (Å²) in [7, 11) is 0. The average Bonchev–Trinajstić information content (AvgIpc) is 2.73. The van der Waals surface area contributed by atoms with Gasteiger partial charge in [0, 0.05) is 25.9 Å². The topological polar surface area (TPSA) is 64.5 Å². The molecule has 2 heterocycles. The van der Waals surface area contributed by atoms with Crippen LogP contribution in [0, 0.1) is 5.82 Å². The number of hydrogen-bond donors (Lipinski definition) is 0. The first kappa shape index (κ1) is 18.2. The van der Waals surface area contributed by atoms with Crippen LogP contribution in [0.3, 0.4) is 0 Å². The van der Waals surface area contributed by atoms with E-state index >= 15 is 0 Å². The van der Waals surface area contributed by atoms with Gasteiger partial charge in [-0.2, -0.15) is 0 Å². The second-order valence-corrected chi connectivity index (χ2v) is 6.64. The van der Waals surface area contributed by atoms with Crippen molar-refractivity contribution in [2.75, 3.05) is 19.7 Å². The Balaban J connectivity index is 1.26. The molecule has 1 aliphatic rings. The number of para-hydroxylation sites is 2. The summed E-state index contributed by atoms with van der Waals surface area (Å²) in [4.78, 5) is 22.9. The summed E-state index contributed by atoms with van der Waals surface area (Å²) >= 11 is 0. The van der Waals surface area contributed by atoms with Crippen molar-refractivity contribution >= 4 is 16.9 Å². The molecule has 3 aromatic rings. The van der Waals surface area contributed by atoms with Gasteiger partial charge < -0.3 is 14.4 Å². The average molecular weight is 381 g/mol. The van der Waals surface area contributed by atoms with Crippen molar-refractivity contribution in [3.05, 3.63) is 60.5 Å². The minimum absolute atomic E-state index is 0.00229. The van der Waals surface area contributed by atoms with Crippen LogP contribution in [0.5, 0.6) is 11.6 Å². The van der Waals surface area contributed by atoms with Gasteiger partial charge in [0.15, 0.2) is 6.61 Å². The van der Waals surface area contributed by atoms with E-state index in [1.165, 1.54) is 24.3 Å². The monoisotopic (exact) mass is 381 g/mol. The second-order valence-electron chi connectivity index (χ2n) is 6.64. The number of nitrogens with zero attached hydrogens (tertiary/aromatic N) is 3. The number of fused-ring (bicyclic) bond motifs is 1. The molecular weight excluding hydrogens is 361 g/mol. The van der Waals surface area contributed by atoms with E-state index in [2.05, 4.69) is 9.97 Å². The third kappa shape index (κ3) is 4.36. The van der Waals surface area contributed by atoms with Crippen molar-refractivity contribution < 1.29 is 18.7 Å². The van der Waals surface area contributed by atoms with Crippen LogP contribution >= 0.6 is 0 Å². The van der Waals surface area contributed by atoms with Crippen molar-refractivity contribution in [3.8, 4) is 11.6 Å². The van der Waals surface area contributed by atoms with Crippen molar-refractivity contribution in [2.24, 2.45) is 0 Å². The van der Waals surface area contributed by atoms with E-state index in [9.17, 15) is 9.18 Å². The number of hydrogen-bond acceptors (Lipinski definition) is 5. The molecule has 7 heteroatoms. The van der Waals surface area contributed by atoms with Crippen LogP contribution in [0.4, 0.5) is 4.39 Å². The number of ether oxygens (including phenoxy) is 2. The largest absolute Gasteiger partial charge is 0.484 e. The maximum absolute atomic E-state index is 12.9. The number of halogens is 1. The lowest BCUT2D eigenvalue weighted by atomic mass is 10.1. The van der Waals surface area contributed by atoms with Crippen LogP contribution in [0.2, 0.25) is 0 Å². The lowest BCUT2D eigenvalue weighted by Crippen LogP contribution is -2.43. The molecule has 0 saturated carbocycles. The molecule has 4 rings (SSSR count). The standard InChI is InChI=1S/C21H20FN3O3/c22-15-5-7-16(8-6-15)27-14-21(26)25-11-9-17(10-12-25)28-20-13-23-18-3-1-2-4-19(18)24-20/h1-8,13,17H,9-12,14H2. The number of benzene rings is 2. The number of amides is 1. The fraction of sp³-hybridized carbons (Fsp3) is 0.286. The summed E-state index contributed by atoms with van der Waals surface area (Å²) in [6, 6.07) is 13.3. The summed E-state index contributed by atoms with van der Waals surface area (Å²) < 4.78 is 24.3. The molecule has 144 valence electrons. The zero-order chi connectivity index (χ0) is 19.3. The van der Waals surface area contributed by atoms with Crippen LogP contribution in [-0.2, 0) is 4.79 Å². The Labute approximate surface area is 161 Å². The first-order chi connectivity index (χ1) is 13.7. The molecule has 28 heavy (non-hydrogen) atoms. The van der Waals surface area contributed by atoms with Crippen LogP contribution < -0.4 is 9.47 Å². The van der Waals surface area contributed by atoms with Crippen molar-refractivity contribution in [1.82, 2.24) is 14.9 Å². The lowest BCUT2D eigenvalue weighted by Gasteiger charge is -2.31. The molecule has 1 fully saturated rings. The van der Waals surface area contributed by atoms with E-state index in [0.717, 1.165) is 23.9 Å². The van der Waals surface area contributed by atoms with E-state index < -0.39 is 0 Å². The first-order valence-electron chi connectivity index (χ1n) is 9.22. The Hall–Kier alpha value is -3.22. The number of piperidine rings is 1. The molecule has 6 nitrogen and oxygen atoms in total. The molecule has 1 amide bonds. The molecule has 0 radical (unpaired) electrons. The number of aromatic nitrogens is 2.